The van der Waals surface area contributed by atoms with Crippen LogP contribution in [0.5, 0.6) is 5.75 Å². The Morgan fingerprint density at radius 1 is 1.04 bits per heavy atom. The number of pyridine rings is 1. The van der Waals surface area contributed by atoms with Gasteiger partial charge < -0.3 is 14.8 Å². The van der Waals surface area contributed by atoms with E-state index in [4.69, 9.17) is 9.47 Å². The Kier molecular flexibility index (Phi) is 5.38. The van der Waals surface area contributed by atoms with E-state index in [1.807, 2.05) is 30.3 Å². The van der Waals surface area contributed by atoms with Crippen molar-refractivity contribution in [2.45, 2.75) is 6.92 Å². The molecule has 0 aliphatic carbocycles. The molecule has 0 unspecified atom stereocenters. The number of benzene rings is 1. The number of hydrogen-bond donors (Lipinski definition) is 1. The number of aromatic nitrogens is 3. The first-order valence-electron chi connectivity index (χ1n) is 8.08. The van der Waals surface area contributed by atoms with Crippen molar-refractivity contribution >= 4 is 17.6 Å². The van der Waals surface area contributed by atoms with E-state index in [0.717, 1.165) is 17.0 Å². The second-order valence-corrected chi connectivity index (χ2v) is 5.31. The van der Waals surface area contributed by atoms with E-state index in [9.17, 15) is 4.79 Å². The third kappa shape index (κ3) is 4.13. The number of methoxy groups -OCH3 is 1. The number of ether oxygens (including phenoxy) is 2. The number of carbonyl (C=O) groups is 1. The molecular weight excluding hydrogens is 332 g/mol. The first-order valence-corrected chi connectivity index (χ1v) is 8.08. The quantitative estimate of drug-likeness (QED) is 0.681. The minimum Gasteiger partial charge on any atom is -0.497 e. The summed E-state index contributed by atoms with van der Waals surface area (Å²) in [6, 6.07) is 14.4. The number of nitrogens with one attached hydrogen (secondary N) is 1. The summed E-state index contributed by atoms with van der Waals surface area (Å²) in [5.74, 6) is 1.41. The van der Waals surface area contributed by atoms with Gasteiger partial charge in [0.1, 0.15) is 11.6 Å². The van der Waals surface area contributed by atoms with E-state index in [-0.39, 0.29) is 5.97 Å². The molecule has 2 aromatic heterocycles. The zero-order valence-electron chi connectivity index (χ0n) is 14.5. The van der Waals surface area contributed by atoms with Crippen molar-refractivity contribution in [3.05, 3.63) is 60.3 Å². The normalized spacial score (nSPS) is 10.2. The molecule has 3 rings (SSSR count). The minimum atomic E-state index is -0.390. The van der Waals surface area contributed by atoms with E-state index < -0.39 is 0 Å². The highest BCUT2D eigenvalue weighted by molar-refractivity contribution is 5.90. The summed E-state index contributed by atoms with van der Waals surface area (Å²) in [6.45, 7) is 2.08. The molecule has 0 saturated heterocycles. The molecule has 1 N–H and O–H groups in total. The zero-order valence-corrected chi connectivity index (χ0v) is 14.5. The average molecular weight is 350 g/mol. The fraction of sp³-hybridized carbons (Fsp3) is 0.158. The topological polar surface area (TPSA) is 86.2 Å². The lowest BCUT2D eigenvalue weighted by molar-refractivity contribution is 0.0526. The van der Waals surface area contributed by atoms with E-state index in [1.54, 1.807) is 32.2 Å². The number of anilines is 2. The SMILES string of the molecule is CCOC(=O)c1ccnc(Nc2ccc(-c3ccc(OC)cc3)nn2)c1. The van der Waals surface area contributed by atoms with Gasteiger partial charge in [-0.05, 0) is 55.5 Å². The van der Waals surface area contributed by atoms with Crippen molar-refractivity contribution in [1.29, 1.82) is 0 Å². The molecule has 132 valence electrons. The summed E-state index contributed by atoms with van der Waals surface area (Å²) in [5.41, 5.74) is 2.10. The predicted molar refractivity (Wildman–Crippen MR) is 97.5 cm³/mol. The monoisotopic (exact) mass is 350 g/mol. The van der Waals surface area contributed by atoms with Gasteiger partial charge in [-0.15, -0.1) is 10.2 Å². The molecule has 7 heteroatoms. The molecular formula is C19H18N4O3. The van der Waals surface area contributed by atoms with E-state index in [0.29, 0.717) is 23.8 Å². The maximum atomic E-state index is 11.8. The lowest BCUT2D eigenvalue weighted by Crippen LogP contribution is -2.06. The molecule has 0 radical (unpaired) electrons. The first-order chi connectivity index (χ1) is 12.7. The third-order valence-corrected chi connectivity index (χ3v) is 3.58. The van der Waals surface area contributed by atoms with Gasteiger partial charge in [-0.1, -0.05) is 0 Å². The van der Waals surface area contributed by atoms with E-state index in [2.05, 4.69) is 20.5 Å². The Morgan fingerprint density at radius 2 is 1.85 bits per heavy atom. The second kappa shape index (κ2) is 8.06. The van der Waals surface area contributed by atoms with Crippen LogP contribution >= 0.6 is 0 Å². The highest BCUT2D eigenvalue weighted by Crippen LogP contribution is 2.21. The van der Waals surface area contributed by atoms with Crippen molar-refractivity contribution in [2.24, 2.45) is 0 Å². The van der Waals surface area contributed by atoms with Gasteiger partial charge in [0.25, 0.3) is 0 Å². The molecule has 0 fully saturated rings. The Hall–Kier alpha value is -3.48. The molecule has 0 atom stereocenters. The van der Waals surface area contributed by atoms with Gasteiger partial charge in [0.05, 0.1) is 25.0 Å². The molecule has 1 aromatic carbocycles. The molecule has 0 spiro atoms. The number of hydrogen-bond acceptors (Lipinski definition) is 7. The molecule has 0 saturated carbocycles. The van der Waals surface area contributed by atoms with Crippen molar-refractivity contribution in [3.63, 3.8) is 0 Å². The lowest BCUT2D eigenvalue weighted by atomic mass is 10.1. The number of carbonyl (C=O) groups excluding carboxylic acids is 1. The largest absolute Gasteiger partial charge is 0.497 e. The highest BCUT2D eigenvalue weighted by Gasteiger charge is 2.08. The van der Waals surface area contributed by atoms with Gasteiger partial charge in [-0.3, -0.25) is 0 Å². The summed E-state index contributed by atoms with van der Waals surface area (Å²) < 4.78 is 10.1. The maximum Gasteiger partial charge on any atom is 0.338 e. The molecule has 3 aromatic rings. The predicted octanol–water partition coefficient (Wildman–Crippen LogP) is 3.47. The Morgan fingerprint density at radius 3 is 2.50 bits per heavy atom. The fourth-order valence-corrected chi connectivity index (χ4v) is 2.29. The molecule has 0 amide bonds. The van der Waals surface area contributed by atoms with Crippen LogP contribution in [0.15, 0.2) is 54.7 Å². The Balaban J connectivity index is 1.73. The van der Waals surface area contributed by atoms with Gasteiger partial charge in [-0.2, -0.15) is 0 Å². The highest BCUT2D eigenvalue weighted by atomic mass is 16.5. The minimum absolute atomic E-state index is 0.322. The molecule has 2 heterocycles. The summed E-state index contributed by atoms with van der Waals surface area (Å²) in [6.07, 6.45) is 1.54. The van der Waals surface area contributed by atoms with E-state index in [1.165, 1.54) is 6.20 Å². The maximum absolute atomic E-state index is 11.8. The van der Waals surface area contributed by atoms with Crippen molar-refractivity contribution in [2.75, 3.05) is 19.0 Å². The molecule has 26 heavy (non-hydrogen) atoms. The van der Waals surface area contributed by atoms with Crippen LogP contribution in [0.25, 0.3) is 11.3 Å². The number of nitrogens with zero attached hydrogens (tertiary/aromatic N) is 3. The Bertz CT molecular complexity index is 880. The van der Waals surface area contributed by atoms with Gasteiger partial charge in [-0.25, -0.2) is 9.78 Å². The van der Waals surface area contributed by atoms with Crippen molar-refractivity contribution in [3.8, 4) is 17.0 Å². The van der Waals surface area contributed by atoms with Crippen LogP contribution in [-0.2, 0) is 4.74 Å². The van der Waals surface area contributed by atoms with Gasteiger partial charge in [0, 0.05) is 11.8 Å². The molecule has 0 aliphatic rings. The van der Waals surface area contributed by atoms with Crippen LogP contribution < -0.4 is 10.1 Å². The van der Waals surface area contributed by atoms with E-state index >= 15 is 0 Å². The molecule has 0 bridgehead atoms. The number of rotatable bonds is 6. The summed E-state index contributed by atoms with van der Waals surface area (Å²) in [7, 11) is 1.63. The van der Waals surface area contributed by atoms with Crippen LogP contribution in [-0.4, -0.2) is 34.9 Å². The fourth-order valence-electron chi connectivity index (χ4n) is 2.29. The zero-order chi connectivity index (χ0) is 18.4. The summed E-state index contributed by atoms with van der Waals surface area (Å²) in [5, 5.41) is 11.4. The summed E-state index contributed by atoms with van der Waals surface area (Å²) >= 11 is 0. The van der Waals surface area contributed by atoms with Crippen LogP contribution in [0.1, 0.15) is 17.3 Å². The lowest BCUT2D eigenvalue weighted by Gasteiger charge is -2.07. The third-order valence-electron chi connectivity index (χ3n) is 3.58. The van der Waals surface area contributed by atoms with Gasteiger partial charge in [0.15, 0.2) is 5.82 Å². The van der Waals surface area contributed by atoms with Crippen molar-refractivity contribution in [1.82, 2.24) is 15.2 Å². The number of esters is 1. The van der Waals surface area contributed by atoms with Crippen LogP contribution in [0.3, 0.4) is 0 Å². The standard InChI is InChI=1S/C19H18N4O3/c1-3-26-19(24)14-10-11-20-18(12-14)21-17-9-8-16(22-23-17)13-4-6-15(25-2)7-5-13/h4-12H,3H2,1-2H3,(H,20,21,23). The molecule has 7 nitrogen and oxygen atoms in total. The average Bonchev–Trinajstić information content (AvgIpc) is 2.69. The molecule has 0 aliphatic heterocycles. The van der Waals surface area contributed by atoms with Gasteiger partial charge in [0.2, 0.25) is 0 Å². The van der Waals surface area contributed by atoms with Crippen LogP contribution in [0.2, 0.25) is 0 Å². The first kappa shape index (κ1) is 17.3. The van der Waals surface area contributed by atoms with Crippen LogP contribution in [0, 0.1) is 0 Å². The van der Waals surface area contributed by atoms with Crippen molar-refractivity contribution < 1.29 is 14.3 Å². The Labute approximate surface area is 151 Å². The second-order valence-electron chi connectivity index (χ2n) is 5.31. The van der Waals surface area contributed by atoms with Gasteiger partial charge >= 0.3 is 5.97 Å². The summed E-state index contributed by atoms with van der Waals surface area (Å²) in [4.78, 5) is 16.0. The smallest absolute Gasteiger partial charge is 0.338 e. The van der Waals surface area contributed by atoms with Crippen LogP contribution in [0.4, 0.5) is 11.6 Å².